The molecule has 2 aromatic heterocycles. The topological polar surface area (TPSA) is 59.9 Å². The van der Waals surface area contributed by atoms with E-state index in [4.69, 9.17) is 4.74 Å². The van der Waals surface area contributed by atoms with E-state index >= 15 is 0 Å². The van der Waals surface area contributed by atoms with Crippen LogP contribution in [0, 0.1) is 5.82 Å². The maximum atomic E-state index is 13.8. The summed E-state index contributed by atoms with van der Waals surface area (Å²) in [7, 11) is 0. The molecule has 5 nitrogen and oxygen atoms in total. The molecule has 1 aromatic carbocycles. The van der Waals surface area contributed by atoms with Gasteiger partial charge in [-0.25, -0.2) is 4.39 Å². The SMILES string of the molecule is Fc1cc(CSc2nnc(NC[C@@H]3CCCO3)s2)c2ncccc2c1. The summed E-state index contributed by atoms with van der Waals surface area (Å²) < 4.78 is 20.2. The molecule has 3 heterocycles. The van der Waals surface area contributed by atoms with Gasteiger partial charge in [0.2, 0.25) is 5.13 Å². The van der Waals surface area contributed by atoms with Crippen LogP contribution in [0.5, 0.6) is 0 Å². The molecule has 1 aliphatic rings. The van der Waals surface area contributed by atoms with E-state index < -0.39 is 0 Å². The van der Waals surface area contributed by atoms with Gasteiger partial charge in [0.1, 0.15) is 5.82 Å². The zero-order valence-corrected chi connectivity index (χ0v) is 15.1. The van der Waals surface area contributed by atoms with Gasteiger partial charge >= 0.3 is 0 Å². The maximum absolute atomic E-state index is 13.8. The first-order valence-electron chi connectivity index (χ1n) is 8.13. The number of nitrogens with one attached hydrogen (secondary N) is 1. The number of ether oxygens (including phenoxy) is 1. The third kappa shape index (κ3) is 4.08. The van der Waals surface area contributed by atoms with E-state index in [-0.39, 0.29) is 11.9 Å². The van der Waals surface area contributed by atoms with Gasteiger partial charge in [0.15, 0.2) is 4.34 Å². The van der Waals surface area contributed by atoms with Crippen LogP contribution >= 0.6 is 23.1 Å². The highest BCUT2D eigenvalue weighted by Gasteiger charge is 2.16. The lowest BCUT2D eigenvalue weighted by atomic mass is 10.1. The zero-order chi connectivity index (χ0) is 17.1. The minimum Gasteiger partial charge on any atom is -0.376 e. The smallest absolute Gasteiger partial charge is 0.206 e. The molecule has 3 aromatic rings. The number of thioether (sulfide) groups is 1. The van der Waals surface area contributed by atoms with E-state index in [9.17, 15) is 4.39 Å². The van der Waals surface area contributed by atoms with Crippen molar-refractivity contribution in [2.45, 2.75) is 29.0 Å². The number of fused-ring (bicyclic) bond motifs is 1. The number of aromatic nitrogens is 3. The van der Waals surface area contributed by atoms with Crippen LogP contribution in [-0.2, 0) is 10.5 Å². The average molecular weight is 376 g/mol. The number of hydrogen-bond donors (Lipinski definition) is 1. The molecular formula is C17H17FN4OS2. The van der Waals surface area contributed by atoms with Crippen molar-refractivity contribution >= 4 is 39.1 Å². The van der Waals surface area contributed by atoms with Crippen molar-refractivity contribution in [3.63, 3.8) is 0 Å². The van der Waals surface area contributed by atoms with Crippen molar-refractivity contribution < 1.29 is 9.13 Å². The van der Waals surface area contributed by atoms with Crippen LogP contribution < -0.4 is 5.32 Å². The molecule has 0 radical (unpaired) electrons. The fourth-order valence-electron chi connectivity index (χ4n) is 2.82. The van der Waals surface area contributed by atoms with Gasteiger partial charge in [-0.3, -0.25) is 4.98 Å². The number of benzene rings is 1. The van der Waals surface area contributed by atoms with Gasteiger partial charge in [-0.05, 0) is 36.6 Å². The fourth-order valence-corrected chi connectivity index (χ4v) is 4.55. The Balaban J connectivity index is 1.40. The molecular weight excluding hydrogens is 359 g/mol. The summed E-state index contributed by atoms with van der Waals surface area (Å²) in [5.41, 5.74) is 1.70. The molecule has 1 aliphatic heterocycles. The molecule has 1 atom stereocenters. The van der Waals surface area contributed by atoms with E-state index in [2.05, 4.69) is 20.5 Å². The van der Waals surface area contributed by atoms with Crippen molar-refractivity contribution in [1.29, 1.82) is 0 Å². The lowest BCUT2D eigenvalue weighted by Crippen LogP contribution is -2.18. The number of nitrogens with zero attached hydrogens (tertiary/aromatic N) is 3. The van der Waals surface area contributed by atoms with Gasteiger partial charge in [0, 0.05) is 30.5 Å². The number of halogens is 1. The van der Waals surface area contributed by atoms with Crippen LogP contribution in [0.25, 0.3) is 10.9 Å². The van der Waals surface area contributed by atoms with Crippen LogP contribution in [0.4, 0.5) is 9.52 Å². The lowest BCUT2D eigenvalue weighted by Gasteiger charge is -2.08. The summed E-state index contributed by atoms with van der Waals surface area (Å²) in [5, 5.41) is 13.2. The predicted octanol–water partition coefficient (Wildman–Crippen LogP) is 4.11. The standard InChI is InChI=1S/C17H17FN4OS2/c18-13-7-11-3-1-5-19-15(11)12(8-13)10-24-17-22-21-16(25-17)20-9-14-4-2-6-23-14/h1,3,5,7-8,14H,2,4,6,9-10H2,(H,20,21)/t14-/m0/s1. The molecule has 0 amide bonds. The van der Waals surface area contributed by atoms with Gasteiger partial charge in [-0.15, -0.1) is 10.2 Å². The average Bonchev–Trinajstić information content (AvgIpc) is 3.29. The molecule has 1 fully saturated rings. The minimum atomic E-state index is -0.243. The Labute approximate surface area is 153 Å². The maximum Gasteiger partial charge on any atom is 0.206 e. The Hall–Kier alpha value is -1.77. The summed E-state index contributed by atoms with van der Waals surface area (Å²) in [6.45, 7) is 1.61. The molecule has 25 heavy (non-hydrogen) atoms. The van der Waals surface area contributed by atoms with Crippen LogP contribution in [-0.4, -0.2) is 34.4 Å². The quantitative estimate of drug-likeness (QED) is 0.654. The Kier molecular flexibility index (Phi) is 5.09. The van der Waals surface area contributed by atoms with Crippen LogP contribution in [0.3, 0.4) is 0 Å². The Morgan fingerprint density at radius 3 is 3.20 bits per heavy atom. The Morgan fingerprint density at radius 1 is 1.36 bits per heavy atom. The molecule has 0 spiro atoms. The largest absolute Gasteiger partial charge is 0.376 e. The summed E-state index contributed by atoms with van der Waals surface area (Å²) in [4.78, 5) is 4.37. The molecule has 0 bridgehead atoms. The molecule has 1 saturated heterocycles. The van der Waals surface area contributed by atoms with Gasteiger partial charge in [0.05, 0.1) is 11.6 Å². The minimum absolute atomic E-state index is 0.243. The van der Waals surface area contributed by atoms with E-state index in [1.54, 1.807) is 24.0 Å². The van der Waals surface area contributed by atoms with Crippen molar-refractivity contribution in [2.24, 2.45) is 0 Å². The first-order valence-corrected chi connectivity index (χ1v) is 9.93. The van der Waals surface area contributed by atoms with Gasteiger partial charge < -0.3 is 10.1 Å². The molecule has 0 aliphatic carbocycles. The van der Waals surface area contributed by atoms with E-state index in [1.807, 2.05) is 12.1 Å². The van der Waals surface area contributed by atoms with Crippen molar-refractivity contribution in [3.8, 4) is 0 Å². The summed E-state index contributed by atoms with van der Waals surface area (Å²) in [6.07, 6.45) is 4.21. The van der Waals surface area contributed by atoms with E-state index in [0.29, 0.717) is 5.75 Å². The van der Waals surface area contributed by atoms with E-state index in [1.165, 1.54) is 17.4 Å². The third-order valence-corrected chi connectivity index (χ3v) is 6.07. The molecule has 4 rings (SSSR count). The molecule has 0 saturated carbocycles. The highest BCUT2D eigenvalue weighted by Crippen LogP contribution is 2.30. The van der Waals surface area contributed by atoms with Gasteiger partial charge in [0.25, 0.3) is 0 Å². The number of rotatable bonds is 6. The van der Waals surface area contributed by atoms with Crippen LogP contribution in [0.15, 0.2) is 34.8 Å². The number of anilines is 1. The second-order valence-corrected chi connectivity index (χ2v) is 8.02. The second kappa shape index (κ2) is 7.63. The highest BCUT2D eigenvalue weighted by atomic mass is 32.2. The fraction of sp³-hybridized carbons (Fsp3) is 0.353. The van der Waals surface area contributed by atoms with Crippen molar-refractivity contribution in [1.82, 2.24) is 15.2 Å². The van der Waals surface area contributed by atoms with Gasteiger partial charge in [-0.1, -0.05) is 29.2 Å². The monoisotopic (exact) mass is 376 g/mol. The first kappa shape index (κ1) is 16.7. The molecule has 0 unspecified atom stereocenters. The third-order valence-electron chi connectivity index (χ3n) is 4.01. The lowest BCUT2D eigenvalue weighted by molar-refractivity contribution is 0.120. The highest BCUT2D eigenvalue weighted by molar-refractivity contribution is 8.00. The normalized spacial score (nSPS) is 17.2. The second-order valence-electron chi connectivity index (χ2n) is 5.82. The first-order chi connectivity index (χ1) is 12.3. The predicted molar refractivity (Wildman–Crippen MR) is 98.6 cm³/mol. The number of pyridine rings is 1. The Bertz CT molecular complexity index is 867. The number of hydrogen-bond acceptors (Lipinski definition) is 7. The van der Waals surface area contributed by atoms with Gasteiger partial charge in [-0.2, -0.15) is 0 Å². The van der Waals surface area contributed by atoms with Crippen molar-refractivity contribution in [2.75, 3.05) is 18.5 Å². The zero-order valence-electron chi connectivity index (χ0n) is 13.4. The van der Waals surface area contributed by atoms with E-state index in [0.717, 1.165) is 51.9 Å². The molecule has 8 heteroatoms. The van der Waals surface area contributed by atoms with Crippen LogP contribution in [0.2, 0.25) is 0 Å². The van der Waals surface area contributed by atoms with Crippen molar-refractivity contribution in [3.05, 3.63) is 41.8 Å². The molecule has 130 valence electrons. The van der Waals surface area contributed by atoms with Crippen LogP contribution in [0.1, 0.15) is 18.4 Å². The molecule has 1 N–H and O–H groups in total. The summed E-state index contributed by atoms with van der Waals surface area (Å²) in [6, 6.07) is 6.74. The summed E-state index contributed by atoms with van der Waals surface area (Å²) in [5.74, 6) is 0.360. The Morgan fingerprint density at radius 2 is 2.32 bits per heavy atom. The summed E-state index contributed by atoms with van der Waals surface area (Å²) >= 11 is 3.05.